The Labute approximate surface area is 171 Å². The number of rotatable bonds is 6. The summed E-state index contributed by atoms with van der Waals surface area (Å²) in [7, 11) is 1.72. The fraction of sp³-hybridized carbons (Fsp3) is 0.556. The number of amides is 1. The van der Waals surface area contributed by atoms with Crippen LogP contribution in [0, 0.1) is 11.7 Å². The maximum atomic E-state index is 13.6. The van der Waals surface area contributed by atoms with Gasteiger partial charge >= 0.3 is 0 Å². The number of guanidine groups is 1. The van der Waals surface area contributed by atoms with E-state index >= 15 is 0 Å². The molecule has 0 aliphatic carbocycles. The monoisotopic (exact) mass is 478 g/mol. The summed E-state index contributed by atoms with van der Waals surface area (Å²) in [6.07, 6.45) is 2.18. The Morgan fingerprint density at radius 3 is 2.88 bits per heavy atom. The van der Waals surface area contributed by atoms with E-state index in [0.29, 0.717) is 13.0 Å². The molecule has 146 valence electrons. The van der Waals surface area contributed by atoms with E-state index in [2.05, 4.69) is 15.2 Å². The zero-order chi connectivity index (χ0) is 18.2. The van der Waals surface area contributed by atoms with Gasteiger partial charge in [0, 0.05) is 26.6 Å². The average Bonchev–Trinajstić information content (AvgIpc) is 2.57. The van der Waals surface area contributed by atoms with Crippen LogP contribution in [0.4, 0.5) is 4.39 Å². The van der Waals surface area contributed by atoms with Gasteiger partial charge in [-0.2, -0.15) is 0 Å². The van der Waals surface area contributed by atoms with Crippen LogP contribution in [0.25, 0.3) is 0 Å². The summed E-state index contributed by atoms with van der Waals surface area (Å²) in [5.41, 5.74) is 5.31. The number of nitrogens with one attached hydrogen (secondary N) is 1. The summed E-state index contributed by atoms with van der Waals surface area (Å²) < 4.78 is 19.3. The van der Waals surface area contributed by atoms with Crippen LogP contribution in [0.5, 0.6) is 5.75 Å². The molecule has 1 aliphatic heterocycles. The first-order valence-electron chi connectivity index (χ1n) is 8.64. The molecule has 0 spiro atoms. The molecule has 1 fully saturated rings. The molecule has 0 bridgehead atoms. The Morgan fingerprint density at radius 2 is 2.23 bits per heavy atom. The van der Waals surface area contributed by atoms with Crippen LogP contribution >= 0.6 is 24.0 Å². The molecule has 0 aromatic heterocycles. The lowest BCUT2D eigenvalue weighted by Gasteiger charge is -2.35. The Kier molecular flexibility index (Phi) is 9.68. The van der Waals surface area contributed by atoms with Crippen LogP contribution in [0.1, 0.15) is 26.2 Å². The Hall–Kier alpha value is -1.58. The minimum atomic E-state index is -0.371. The number of likely N-dealkylation sites (tertiary alicyclic amines) is 1. The third-order valence-electron chi connectivity index (χ3n) is 4.23. The Bertz CT molecular complexity index is 615. The lowest BCUT2D eigenvalue weighted by molar-refractivity contribution is -0.119. The molecule has 2 rings (SSSR count). The van der Waals surface area contributed by atoms with Crippen molar-refractivity contribution < 1.29 is 13.9 Å². The number of halogens is 2. The zero-order valence-electron chi connectivity index (χ0n) is 15.3. The van der Waals surface area contributed by atoms with Crippen molar-refractivity contribution >= 4 is 35.8 Å². The van der Waals surface area contributed by atoms with Crippen LogP contribution in [0.3, 0.4) is 0 Å². The minimum Gasteiger partial charge on any atom is -0.486 e. The van der Waals surface area contributed by atoms with Crippen molar-refractivity contribution in [2.45, 2.75) is 32.3 Å². The van der Waals surface area contributed by atoms with Gasteiger partial charge in [0.25, 0.3) is 0 Å². The van der Waals surface area contributed by atoms with Gasteiger partial charge in [-0.15, -0.1) is 24.0 Å². The molecule has 3 N–H and O–H groups in total. The number of piperidine rings is 1. The predicted octanol–water partition coefficient (Wildman–Crippen LogP) is 2.37. The molecule has 1 aromatic rings. The summed E-state index contributed by atoms with van der Waals surface area (Å²) in [4.78, 5) is 17.6. The van der Waals surface area contributed by atoms with Crippen molar-refractivity contribution in [1.82, 2.24) is 10.2 Å². The molecule has 1 saturated heterocycles. The van der Waals surface area contributed by atoms with Crippen LogP contribution in [-0.4, -0.2) is 49.6 Å². The number of ether oxygens (including phenoxy) is 1. The van der Waals surface area contributed by atoms with Gasteiger partial charge in [-0.05, 0) is 37.8 Å². The molecular formula is C18H28FIN4O2. The van der Waals surface area contributed by atoms with E-state index in [1.807, 2.05) is 6.92 Å². The molecule has 6 nitrogen and oxygen atoms in total. The Balaban J connectivity index is 0.00000338. The molecular weight excluding hydrogens is 450 g/mol. The normalized spacial score (nSPS) is 18.7. The van der Waals surface area contributed by atoms with Gasteiger partial charge in [0.2, 0.25) is 5.91 Å². The highest BCUT2D eigenvalue weighted by Gasteiger charge is 2.23. The number of nitrogens with two attached hydrogens (primary N) is 1. The molecule has 26 heavy (non-hydrogen) atoms. The van der Waals surface area contributed by atoms with E-state index in [9.17, 15) is 9.18 Å². The van der Waals surface area contributed by atoms with E-state index in [-0.39, 0.29) is 53.5 Å². The maximum absolute atomic E-state index is 13.6. The van der Waals surface area contributed by atoms with Gasteiger partial charge in [-0.1, -0.05) is 12.1 Å². The lowest BCUT2D eigenvalue weighted by Crippen LogP contribution is -2.49. The van der Waals surface area contributed by atoms with Gasteiger partial charge in [0.15, 0.2) is 17.5 Å². The van der Waals surface area contributed by atoms with Crippen LogP contribution in [0.15, 0.2) is 29.3 Å². The maximum Gasteiger partial charge on any atom is 0.217 e. The quantitative estimate of drug-likeness (QED) is 0.374. The van der Waals surface area contributed by atoms with Crippen LogP contribution in [-0.2, 0) is 4.79 Å². The van der Waals surface area contributed by atoms with Gasteiger partial charge in [0.1, 0.15) is 6.10 Å². The molecule has 0 saturated carbocycles. The van der Waals surface area contributed by atoms with Crippen LogP contribution in [0.2, 0.25) is 0 Å². The number of carbonyl (C=O) groups excluding carboxylic acids is 1. The highest BCUT2D eigenvalue weighted by molar-refractivity contribution is 14.0. The molecule has 2 atom stereocenters. The van der Waals surface area contributed by atoms with Crippen LogP contribution < -0.4 is 15.8 Å². The topological polar surface area (TPSA) is 80.0 Å². The van der Waals surface area contributed by atoms with Gasteiger partial charge < -0.3 is 20.7 Å². The fourth-order valence-corrected chi connectivity index (χ4v) is 3.07. The number of carbonyl (C=O) groups is 1. The highest BCUT2D eigenvalue weighted by atomic mass is 127. The number of aliphatic imine (C=N–C) groups is 1. The number of primary amides is 1. The van der Waals surface area contributed by atoms with Crippen molar-refractivity contribution in [3.8, 4) is 5.75 Å². The standard InChI is InChI=1S/C18H27FN4O2.HI/c1-13(25-16-8-4-3-7-15(16)19)11-22-18(21-2)23-9-5-6-14(12-23)10-17(20)24;/h3-4,7-8,13-14H,5-6,9-12H2,1-2H3,(H2,20,24)(H,21,22);1H. The molecule has 1 aromatic carbocycles. The number of para-hydroxylation sites is 1. The first-order chi connectivity index (χ1) is 12.0. The summed E-state index contributed by atoms with van der Waals surface area (Å²) in [5.74, 6) is 0.632. The van der Waals surface area contributed by atoms with E-state index in [1.165, 1.54) is 6.07 Å². The molecule has 1 heterocycles. The molecule has 2 unspecified atom stereocenters. The average molecular weight is 478 g/mol. The van der Waals surface area contributed by atoms with Crippen molar-refractivity contribution in [2.24, 2.45) is 16.6 Å². The minimum absolute atomic E-state index is 0. The summed E-state index contributed by atoms with van der Waals surface area (Å²) in [6.45, 7) is 4.01. The first kappa shape index (κ1) is 22.5. The molecule has 0 radical (unpaired) electrons. The first-order valence-corrected chi connectivity index (χ1v) is 8.64. The van der Waals surface area contributed by atoms with E-state index in [1.54, 1.807) is 25.2 Å². The SMILES string of the molecule is CN=C(NCC(C)Oc1ccccc1F)N1CCCC(CC(N)=O)C1.I. The largest absolute Gasteiger partial charge is 0.486 e. The third kappa shape index (κ3) is 6.97. The smallest absolute Gasteiger partial charge is 0.217 e. The van der Waals surface area contributed by atoms with Gasteiger partial charge in [0.05, 0.1) is 6.54 Å². The Morgan fingerprint density at radius 1 is 1.50 bits per heavy atom. The zero-order valence-corrected chi connectivity index (χ0v) is 17.6. The van der Waals surface area contributed by atoms with E-state index in [4.69, 9.17) is 10.5 Å². The summed E-state index contributed by atoms with van der Waals surface area (Å²) in [6, 6.07) is 6.36. The second-order valence-electron chi connectivity index (χ2n) is 6.41. The number of hydrogen-bond donors (Lipinski definition) is 2. The van der Waals surface area contributed by atoms with Crippen molar-refractivity contribution in [3.63, 3.8) is 0 Å². The highest BCUT2D eigenvalue weighted by Crippen LogP contribution is 2.20. The predicted molar refractivity (Wildman–Crippen MR) is 111 cm³/mol. The summed E-state index contributed by atoms with van der Waals surface area (Å²) >= 11 is 0. The van der Waals surface area contributed by atoms with Gasteiger partial charge in [-0.25, -0.2) is 4.39 Å². The summed E-state index contributed by atoms with van der Waals surface area (Å²) in [5, 5.41) is 3.26. The second kappa shape index (κ2) is 11.2. The van der Waals surface area contributed by atoms with E-state index < -0.39 is 0 Å². The van der Waals surface area contributed by atoms with Crippen molar-refractivity contribution in [1.29, 1.82) is 0 Å². The third-order valence-corrected chi connectivity index (χ3v) is 4.23. The molecule has 8 heteroatoms. The van der Waals surface area contributed by atoms with E-state index in [0.717, 1.165) is 31.9 Å². The van der Waals surface area contributed by atoms with Crippen molar-refractivity contribution in [2.75, 3.05) is 26.7 Å². The second-order valence-corrected chi connectivity index (χ2v) is 6.41. The van der Waals surface area contributed by atoms with Crippen molar-refractivity contribution in [3.05, 3.63) is 30.1 Å². The number of nitrogens with zero attached hydrogens (tertiary/aromatic N) is 2. The molecule has 1 aliphatic rings. The lowest BCUT2D eigenvalue weighted by atomic mass is 9.95. The molecule has 1 amide bonds. The fourth-order valence-electron chi connectivity index (χ4n) is 3.07. The number of hydrogen-bond acceptors (Lipinski definition) is 3. The number of benzene rings is 1. The van der Waals surface area contributed by atoms with Gasteiger partial charge in [-0.3, -0.25) is 9.79 Å².